The number of rotatable bonds is 16. The third-order valence-corrected chi connectivity index (χ3v) is 4.21. The van der Waals surface area contributed by atoms with Crippen molar-refractivity contribution in [2.24, 2.45) is 5.41 Å². The molecule has 1 atom stereocenters. The van der Waals surface area contributed by atoms with Gasteiger partial charge in [0.05, 0.1) is 6.61 Å². The maximum absolute atomic E-state index is 5.77. The summed E-state index contributed by atoms with van der Waals surface area (Å²) in [7, 11) is 3.48. The van der Waals surface area contributed by atoms with Gasteiger partial charge in [-0.25, -0.2) is 0 Å². The van der Waals surface area contributed by atoms with Crippen molar-refractivity contribution in [1.82, 2.24) is 5.32 Å². The summed E-state index contributed by atoms with van der Waals surface area (Å²) in [5, 5.41) is 3.55. The van der Waals surface area contributed by atoms with Gasteiger partial charge in [-0.15, -0.1) is 0 Å². The predicted octanol–water partition coefficient (Wildman–Crippen LogP) is 3.25. The molecular weight excluding hydrogens is 266 g/mol. The van der Waals surface area contributed by atoms with Crippen LogP contribution >= 0.6 is 0 Å². The van der Waals surface area contributed by atoms with E-state index in [2.05, 4.69) is 19.2 Å². The highest BCUT2D eigenvalue weighted by Crippen LogP contribution is 2.32. The SMILES string of the molecule is CCCCC(CC)(CCOCCCOC)CNCCOC. The van der Waals surface area contributed by atoms with Crippen LogP contribution in [0.1, 0.15) is 52.4 Å². The third-order valence-electron chi connectivity index (χ3n) is 4.21. The van der Waals surface area contributed by atoms with E-state index in [1.165, 1.54) is 25.7 Å². The number of hydrogen-bond donors (Lipinski definition) is 1. The Morgan fingerprint density at radius 1 is 0.857 bits per heavy atom. The Balaban J connectivity index is 4.08. The second-order valence-corrected chi connectivity index (χ2v) is 5.84. The van der Waals surface area contributed by atoms with Gasteiger partial charge >= 0.3 is 0 Å². The molecular formula is C17H37NO3. The van der Waals surface area contributed by atoms with Crippen molar-refractivity contribution in [1.29, 1.82) is 0 Å². The molecule has 0 saturated carbocycles. The lowest BCUT2D eigenvalue weighted by Crippen LogP contribution is -2.36. The van der Waals surface area contributed by atoms with Crippen molar-refractivity contribution in [3.8, 4) is 0 Å². The summed E-state index contributed by atoms with van der Waals surface area (Å²) in [6.07, 6.45) is 7.15. The van der Waals surface area contributed by atoms with Gasteiger partial charge in [0.1, 0.15) is 0 Å². The largest absolute Gasteiger partial charge is 0.385 e. The highest BCUT2D eigenvalue weighted by Gasteiger charge is 2.26. The predicted molar refractivity (Wildman–Crippen MR) is 88.9 cm³/mol. The summed E-state index contributed by atoms with van der Waals surface area (Å²) in [6.45, 7) is 9.78. The summed E-state index contributed by atoms with van der Waals surface area (Å²) in [5.74, 6) is 0. The summed E-state index contributed by atoms with van der Waals surface area (Å²) >= 11 is 0. The van der Waals surface area contributed by atoms with Crippen LogP contribution in [0.25, 0.3) is 0 Å². The van der Waals surface area contributed by atoms with E-state index in [1.807, 2.05) is 0 Å². The molecule has 0 aromatic carbocycles. The molecule has 0 amide bonds. The van der Waals surface area contributed by atoms with Crippen LogP contribution < -0.4 is 5.32 Å². The molecule has 4 nitrogen and oxygen atoms in total. The lowest BCUT2D eigenvalue weighted by atomic mass is 9.77. The van der Waals surface area contributed by atoms with E-state index in [1.54, 1.807) is 14.2 Å². The second kappa shape index (κ2) is 14.8. The molecule has 0 aliphatic heterocycles. The first kappa shape index (κ1) is 20.8. The summed E-state index contributed by atoms with van der Waals surface area (Å²) in [6, 6.07) is 0. The third kappa shape index (κ3) is 11.1. The highest BCUT2D eigenvalue weighted by atomic mass is 16.5. The molecule has 1 N–H and O–H groups in total. The van der Waals surface area contributed by atoms with Crippen molar-refractivity contribution in [2.45, 2.75) is 52.4 Å². The monoisotopic (exact) mass is 303 g/mol. The van der Waals surface area contributed by atoms with Crippen molar-refractivity contribution in [3.63, 3.8) is 0 Å². The van der Waals surface area contributed by atoms with Crippen LogP contribution in [0.4, 0.5) is 0 Å². The quantitative estimate of drug-likeness (QED) is 0.444. The molecule has 0 aliphatic rings. The molecule has 0 heterocycles. The summed E-state index contributed by atoms with van der Waals surface area (Å²) in [5.41, 5.74) is 0.366. The van der Waals surface area contributed by atoms with Crippen LogP contribution in [-0.4, -0.2) is 53.7 Å². The molecule has 0 aromatic rings. The zero-order valence-corrected chi connectivity index (χ0v) is 14.7. The number of unbranched alkanes of at least 4 members (excludes halogenated alkanes) is 1. The number of ether oxygens (including phenoxy) is 3. The molecule has 0 bridgehead atoms. The van der Waals surface area contributed by atoms with E-state index in [4.69, 9.17) is 14.2 Å². The minimum absolute atomic E-state index is 0.366. The fourth-order valence-electron chi connectivity index (χ4n) is 2.56. The van der Waals surface area contributed by atoms with Gasteiger partial charge in [0.25, 0.3) is 0 Å². The Hall–Kier alpha value is -0.160. The smallest absolute Gasteiger partial charge is 0.0587 e. The number of hydrogen-bond acceptors (Lipinski definition) is 4. The average molecular weight is 303 g/mol. The average Bonchev–Trinajstić information content (AvgIpc) is 2.52. The molecule has 0 fully saturated rings. The highest BCUT2D eigenvalue weighted by molar-refractivity contribution is 4.80. The molecule has 0 aromatic heterocycles. The van der Waals surface area contributed by atoms with Gasteiger partial charge in [0, 0.05) is 47.1 Å². The molecule has 4 heteroatoms. The fraction of sp³-hybridized carbons (Fsp3) is 1.00. The zero-order chi connectivity index (χ0) is 15.8. The van der Waals surface area contributed by atoms with Gasteiger partial charge in [-0.3, -0.25) is 0 Å². The minimum atomic E-state index is 0.366. The first-order valence-electron chi connectivity index (χ1n) is 8.51. The fourth-order valence-corrected chi connectivity index (χ4v) is 2.56. The maximum Gasteiger partial charge on any atom is 0.0587 e. The van der Waals surface area contributed by atoms with Gasteiger partial charge in [0.15, 0.2) is 0 Å². The first-order chi connectivity index (χ1) is 10.2. The normalized spacial score (nSPS) is 14.3. The van der Waals surface area contributed by atoms with Crippen LogP contribution in [0, 0.1) is 5.41 Å². The number of nitrogens with one attached hydrogen (secondary N) is 1. The lowest BCUT2D eigenvalue weighted by Gasteiger charge is -2.33. The van der Waals surface area contributed by atoms with Crippen LogP contribution in [0.5, 0.6) is 0 Å². The Morgan fingerprint density at radius 2 is 1.62 bits per heavy atom. The van der Waals surface area contributed by atoms with Crippen LogP contribution in [0.15, 0.2) is 0 Å². The molecule has 0 aliphatic carbocycles. The molecule has 21 heavy (non-hydrogen) atoms. The van der Waals surface area contributed by atoms with Crippen molar-refractivity contribution < 1.29 is 14.2 Å². The van der Waals surface area contributed by atoms with Crippen molar-refractivity contribution >= 4 is 0 Å². The Kier molecular flexibility index (Phi) is 14.7. The standard InChI is InChI=1S/C17H37NO3/c1-5-7-9-17(6-2,16-18-11-15-20-4)10-14-21-13-8-12-19-3/h18H,5-16H2,1-4H3. The minimum Gasteiger partial charge on any atom is -0.385 e. The molecule has 128 valence electrons. The van der Waals surface area contributed by atoms with E-state index in [9.17, 15) is 0 Å². The Labute approximate surface area is 131 Å². The van der Waals surface area contributed by atoms with Crippen LogP contribution in [0.3, 0.4) is 0 Å². The number of methoxy groups -OCH3 is 2. The maximum atomic E-state index is 5.77. The first-order valence-corrected chi connectivity index (χ1v) is 8.51. The lowest BCUT2D eigenvalue weighted by molar-refractivity contribution is 0.0692. The molecule has 0 rings (SSSR count). The van der Waals surface area contributed by atoms with Gasteiger partial charge in [0.2, 0.25) is 0 Å². The Bertz CT molecular complexity index is 214. The van der Waals surface area contributed by atoms with Crippen molar-refractivity contribution in [3.05, 3.63) is 0 Å². The van der Waals surface area contributed by atoms with E-state index < -0.39 is 0 Å². The zero-order valence-electron chi connectivity index (χ0n) is 14.7. The Morgan fingerprint density at radius 3 is 2.24 bits per heavy atom. The van der Waals surface area contributed by atoms with Gasteiger partial charge < -0.3 is 19.5 Å². The summed E-state index contributed by atoms with van der Waals surface area (Å²) < 4.78 is 15.9. The molecule has 0 radical (unpaired) electrons. The van der Waals surface area contributed by atoms with Crippen molar-refractivity contribution in [2.75, 3.05) is 53.7 Å². The van der Waals surface area contributed by atoms with Gasteiger partial charge in [-0.05, 0) is 31.1 Å². The van der Waals surface area contributed by atoms with E-state index in [-0.39, 0.29) is 0 Å². The molecule has 0 saturated heterocycles. The summed E-state index contributed by atoms with van der Waals surface area (Å²) in [4.78, 5) is 0. The molecule has 0 spiro atoms. The molecule has 1 unspecified atom stereocenters. The van der Waals surface area contributed by atoms with E-state index in [0.717, 1.165) is 52.4 Å². The van der Waals surface area contributed by atoms with E-state index in [0.29, 0.717) is 5.41 Å². The topological polar surface area (TPSA) is 39.7 Å². The van der Waals surface area contributed by atoms with Gasteiger partial charge in [-0.1, -0.05) is 26.7 Å². The van der Waals surface area contributed by atoms with Gasteiger partial charge in [-0.2, -0.15) is 0 Å². The van der Waals surface area contributed by atoms with Crippen LogP contribution in [-0.2, 0) is 14.2 Å². The second-order valence-electron chi connectivity index (χ2n) is 5.84. The van der Waals surface area contributed by atoms with Crippen LogP contribution in [0.2, 0.25) is 0 Å². The van der Waals surface area contributed by atoms with E-state index >= 15 is 0 Å².